The third kappa shape index (κ3) is 6.95. The van der Waals surface area contributed by atoms with Gasteiger partial charge in [0.2, 0.25) is 11.8 Å². The Labute approximate surface area is 169 Å². The maximum Gasteiger partial charge on any atom is 0.250 e. The molecule has 0 heterocycles. The molecule has 0 aliphatic rings. The average Bonchev–Trinajstić information content (AvgIpc) is 2.65. The van der Waals surface area contributed by atoms with Crippen molar-refractivity contribution in [3.05, 3.63) is 52.5 Å². The standard InChI is InChI=1S/C18H18BrN3O4S/c1-26-15-8-12(7-14(19)18(15)25)9-20-22-17(24)11-27-10-16(23)21-13-5-3-2-4-6-13/h2-9,25H,10-11H2,1H3,(H,21,23)(H,22,24). The van der Waals surface area contributed by atoms with Crippen molar-refractivity contribution in [2.45, 2.75) is 0 Å². The molecule has 2 amide bonds. The second-order valence-electron chi connectivity index (χ2n) is 5.25. The molecule has 0 unspecified atom stereocenters. The van der Waals surface area contributed by atoms with Crippen LogP contribution >= 0.6 is 27.7 Å². The number of hydrogen-bond acceptors (Lipinski definition) is 6. The molecule has 0 spiro atoms. The van der Waals surface area contributed by atoms with Crippen LogP contribution in [0.3, 0.4) is 0 Å². The van der Waals surface area contributed by atoms with Crippen LogP contribution in [0.4, 0.5) is 5.69 Å². The van der Waals surface area contributed by atoms with Crippen LogP contribution in [-0.2, 0) is 9.59 Å². The zero-order chi connectivity index (χ0) is 19.6. The lowest BCUT2D eigenvalue weighted by atomic mass is 10.2. The van der Waals surface area contributed by atoms with E-state index in [4.69, 9.17) is 4.74 Å². The number of phenolic OH excluding ortho intramolecular Hbond substituents is 1. The number of nitrogens with zero attached hydrogens (tertiary/aromatic N) is 1. The molecular formula is C18H18BrN3O4S. The van der Waals surface area contributed by atoms with Crippen molar-refractivity contribution in [1.82, 2.24) is 5.43 Å². The van der Waals surface area contributed by atoms with Crippen molar-refractivity contribution in [2.24, 2.45) is 5.10 Å². The minimum atomic E-state index is -0.325. The van der Waals surface area contributed by atoms with E-state index in [1.165, 1.54) is 25.1 Å². The molecule has 0 aromatic heterocycles. The molecule has 2 aromatic carbocycles. The number of para-hydroxylation sites is 1. The minimum absolute atomic E-state index is 0.0103. The summed E-state index contributed by atoms with van der Waals surface area (Å²) in [4.78, 5) is 23.5. The lowest BCUT2D eigenvalue weighted by molar-refractivity contribution is -0.118. The average molecular weight is 452 g/mol. The van der Waals surface area contributed by atoms with E-state index in [1.807, 2.05) is 18.2 Å². The molecule has 0 aliphatic carbocycles. The number of carbonyl (C=O) groups excluding carboxylic acids is 2. The molecule has 3 N–H and O–H groups in total. The van der Waals surface area contributed by atoms with E-state index in [9.17, 15) is 14.7 Å². The Kier molecular flexibility index (Phi) is 8.15. The number of phenols is 1. The predicted octanol–water partition coefficient (Wildman–Crippen LogP) is 2.99. The number of thioether (sulfide) groups is 1. The van der Waals surface area contributed by atoms with Crippen molar-refractivity contribution in [3.63, 3.8) is 0 Å². The molecule has 2 rings (SSSR count). The Bertz CT molecular complexity index is 831. The second-order valence-corrected chi connectivity index (χ2v) is 7.09. The lowest BCUT2D eigenvalue weighted by Gasteiger charge is -2.06. The molecule has 142 valence electrons. The minimum Gasteiger partial charge on any atom is -0.503 e. The van der Waals surface area contributed by atoms with E-state index in [-0.39, 0.29) is 34.8 Å². The van der Waals surface area contributed by atoms with Gasteiger partial charge in [0.1, 0.15) is 0 Å². The molecular weight excluding hydrogens is 434 g/mol. The van der Waals surface area contributed by atoms with Crippen molar-refractivity contribution >= 4 is 51.4 Å². The number of ether oxygens (including phenoxy) is 1. The quantitative estimate of drug-likeness (QED) is 0.423. The Hall–Kier alpha value is -2.52. The first kappa shape index (κ1) is 20.8. The van der Waals surface area contributed by atoms with Gasteiger partial charge in [-0.15, -0.1) is 11.8 Å². The SMILES string of the molecule is COc1cc(C=NNC(=O)CSCC(=O)Nc2ccccc2)cc(Br)c1O. The van der Waals surface area contributed by atoms with Gasteiger partial charge in [-0.1, -0.05) is 18.2 Å². The van der Waals surface area contributed by atoms with E-state index in [2.05, 4.69) is 31.8 Å². The Balaban J connectivity index is 1.74. The number of halogens is 1. The van der Waals surface area contributed by atoms with Gasteiger partial charge >= 0.3 is 0 Å². The maximum absolute atomic E-state index is 11.8. The summed E-state index contributed by atoms with van der Waals surface area (Å²) >= 11 is 4.40. The summed E-state index contributed by atoms with van der Waals surface area (Å²) in [5, 5.41) is 16.3. The highest BCUT2D eigenvalue weighted by Gasteiger charge is 2.08. The summed E-state index contributed by atoms with van der Waals surface area (Å²) < 4.78 is 5.50. The molecule has 0 bridgehead atoms. The number of nitrogens with one attached hydrogen (secondary N) is 2. The number of hydrazone groups is 1. The maximum atomic E-state index is 11.8. The Morgan fingerprint density at radius 1 is 1.22 bits per heavy atom. The van der Waals surface area contributed by atoms with Crippen LogP contribution in [0, 0.1) is 0 Å². The zero-order valence-corrected chi connectivity index (χ0v) is 16.8. The molecule has 0 fully saturated rings. The fourth-order valence-corrected chi connectivity index (χ4v) is 3.06. The van der Waals surface area contributed by atoms with Gasteiger partial charge in [-0.05, 0) is 45.8 Å². The van der Waals surface area contributed by atoms with Crippen LogP contribution in [0.5, 0.6) is 11.5 Å². The fraction of sp³-hybridized carbons (Fsp3) is 0.167. The van der Waals surface area contributed by atoms with Crippen molar-refractivity contribution in [3.8, 4) is 11.5 Å². The highest BCUT2D eigenvalue weighted by Crippen LogP contribution is 2.34. The second kappa shape index (κ2) is 10.6. The molecule has 9 heteroatoms. The summed E-state index contributed by atoms with van der Waals surface area (Å²) in [6.07, 6.45) is 1.43. The monoisotopic (exact) mass is 451 g/mol. The van der Waals surface area contributed by atoms with Gasteiger partial charge in [-0.3, -0.25) is 9.59 Å². The molecule has 0 radical (unpaired) electrons. The first-order valence-electron chi connectivity index (χ1n) is 7.80. The Morgan fingerprint density at radius 3 is 2.63 bits per heavy atom. The third-order valence-electron chi connectivity index (χ3n) is 3.20. The summed E-state index contributed by atoms with van der Waals surface area (Å²) in [6.45, 7) is 0. The van der Waals surface area contributed by atoms with Gasteiger partial charge in [0.05, 0.1) is 29.3 Å². The summed E-state index contributed by atoms with van der Waals surface area (Å²) in [5.41, 5.74) is 3.73. The largest absolute Gasteiger partial charge is 0.503 e. The molecule has 0 saturated heterocycles. The van der Waals surface area contributed by atoms with Gasteiger partial charge in [0, 0.05) is 5.69 Å². The molecule has 7 nitrogen and oxygen atoms in total. The van der Waals surface area contributed by atoms with Gasteiger partial charge in [0.15, 0.2) is 11.5 Å². The predicted molar refractivity (Wildman–Crippen MR) is 110 cm³/mol. The van der Waals surface area contributed by atoms with Crippen molar-refractivity contribution < 1.29 is 19.4 Å². The van der Waals surface area contributed by atoms with Crippen LogP contribution in [0.15, 0.2) is 52.0 Å². The summed E-state index contributed by atoms with van der Waals surface area (Å²) in [5.74, 6) is 0.0362. The third-order valence-corrected chi connectivity index (χ3v) is 4.73. The van der Waals surface area contributed by atoms with Crippen LogP contribution in [0.1, 0.15) is 5.56 Å². The Morgan fingerprint density at radius 2 is 1.93 bits per heavy atom. The number of hydrogen-bond donors (Lipinski definition) is 3. The van der Waals surface area contributed by atoms with Crippen LogP contribution in [0.2, 0.25) is 0 Å². The smallest absolute Gasteiger partial charge is 0.250 e. The van der Waals surface area contributed by atoms with Crippen LogP contribution in [-0.4, -0.2) is 41.8 Å². The van der Waals surface area contributed by atoms with Crippen molar-refractivity contribution in [2.75, 3.05) is 23.9 Å². The number of rotatable bonds is 8. The van der Waals surface area contributed by atoms with Gasteiger partial charge in [0.25, 0.3) is 0 Å². The van der Waals surface area contributed by atoms with Gasteiger partial charge < -0.3 is 15.2 Å². The molecule has 0 atom stereocenters. The van der Waals surface area contributed by atoms with Gasteiger partial charge in [-0.25, -0.2) is 5.43 Å². The highest BCUT2D eigenvalue weighted by atomic mass is 79.9. The number of aromatic hydroxyl groups is 1. The van der Waals surface area contributed by atoms with Crippen LogP contribution in [0.25, 0.3) is 0 Å². The first-order valence-corrected chi connectivity index (χ1v) is 9.75. The topological polar surface area (TPSA) is 100 Å². The normalized spacial score (nSPS) is 10.6. The molecule has 27 heavy (non-hydrogen) atoms. The fourth-order valence-electron chi connectivity index (χ4n) is 1.99. The number of benzene rings is 2. The van der Waals surface area contributed by atoms with Crippen LogP contribution < -0.4 is 15.5 Å². The zero-order valence-electron chi connectivity index (χ0n) is 14.4. The van der Waals surface area contributed by atoms with E-state index in [0.717, 1.165) is 0 Å². The number of amides is 2. The number of anilines is 1. The van der Waals surface area contributed by atoms with Gasteiger partial charge in [-0.2, -0.15) is 5.10 Å². The lowest BCUT2D eigenvalue weighted by Crippen LogP contribution is -2.21. The van der Waals surface area contributed by atoms with Crippen molar-refractivity contribution in [1.29, 1.82) is 0 Å². The van der Waals surface area contributed by atoms with E-state index in [1.54, 1.807) is 24.3 Å². The van der Waals surface area contributed by atoms with E-state index in [0.29, 0.717) is 15.7 Å². The molecule has 2 aromatic rings. The molecule has 0 saturated carbocycles. The first-order chi connectivity index (χ1) is 13.0. The summed E-state index contributed by atoms with van der Waals surface area (Å²) in [7, 11) is 1.44. The van der Waals surface area contributed by atoms with E-state index >= 15 is 0 Å². The number of methoxy groups -OCH3 is 1. The highest BCUT2D eigenvalue weighted by molar-refractivity contribution is 9.10. The summed E-state index contributed by atoms with van der Waals surface area (Å²) in [6, 6.07) is 12.3. The molecule has 0 aliphatic heterocycles. The number of carbonyl (C=O) groups is 2. The van der Waals surface area contributed by atoms with E-state index < -0.39 is 0 Å².